The predicted molar refractivity (Wildman–Crippen MR) is 60.7 cm³/mol. The van der Waals surface area contributed by atoms with Crippen molar-refractivity contribution < 1.29 is 40.6 Å². The molecule has 0 aromatic rings. The van der Waals surface area contributed by atoms with Crippen LogP contribution in [0.1, 0.15) is 0 Å². The topological polar surface area (TPSA) is 128 Å². The molecule has 0 N–H and O–H groups in total. The van der Waals surface area contributed by atoms with Crippen LogP contribution in [-0.4, -0.2) is 8.79 Å². The van der Waals surface area contributed by atoms with E-state index in [0.717, 1.165) is 0 Å². The molecular weight excluding hydrogens is 410 g/mol. The third-order valence-corrected chi connectivity index (χ3v) is 2.50. The van der Waals surface area contributed by atoms with Gasteiger partial charge in [-0.2, -0.15) is 5.26 Å². The van der Waals surface area contributed by atoms with E-state index in [-0.39, 0.29) is 17.4 Å². The summed E-state index contributed by atoms with van der Waals surface area (Å²) in [6.07, 6.45) is 0. The van der Waals surface area contributed by atoms with E-state index in [2.05, 4.69) is 38.1 Å². The van der Waals surface area contributed by atoms with Crippen LogP contribution >= 0.6 is 46.4 Å². The smallest absolute Gasteiger partial charge is 0 e. The van der Waals surface area contributed by atoms with Crippen molar-refractivity contribution in [3.8, 4) is 6.07 Å². The van der Waals surface area contributed by atoms with Gasteiger partial charge in [0, 0.05) is 17.4 Å². The minimum absolute atomic E-state index is 0. The second-order valence-electron chi connectivity index (χ2n) is 1.34. The molecule has 0 spiro atoms. The molecule has 21 heavy (non-hydrogen) atoms. The van der Waals surface area contributed by atoms with E-state index < -0.39 is 8.79 Å². The second kappa shape index (κ2) is 36.6. The van der Waals surface area contributed by atoms with Gasteiger partial charge in [-0.3, -0.25) is 4.85 Å². The van der Waals surface area contributed by atoms with Crippen LogP contribution in [0, 0.1) is 51.2 Å². The van der Waals surface area contributed by atoms with E-state index in [9.17, 15) is 0 Å². The molecule has 110 valence electrons. The Labute approximate surface area is 151 Å². The van der Waals surface area contributed by atoms with Gasteiger partial charge in [-0.15, -0.1) is 0 Å². The molecule has 0 aliphatic heterocycles. The average molecular weight is 410 g/mol. The summed E-state index contributed by atoms with van der Waals surface area (Å²) in [6, 6.07) is 1.39. The summed E-state index contributed by atoms with van der Waals surface area (Å²) in [5.41, 5.74) is 0. The normalized spacial score (nSPS) is 6.10. The fraction of sp³-hybridized carbons (Fsp3) is 0.222. The molecule has 0 amide bonds. The summed E-state index contributed by atoms with van der Waals surface area (Å²) < 4.78 is 33.3. The van der Waals surface area contributed by atoms with E-state index in [1.54, 1.807) is 0 Å². The molecule has 0 saturated carbocycles. The largest absolute Gasteiger partial charge is 0 e. The summed E-state index contributed by atoms with van der Waals surface area (Å²) in [7, 11) is 0. The van der Waals surface area contributed by atoms with Gasteiger partial charge in [-0.05, 0) is 23.2 Å². The SMILES string of the molecule is [C-]#[N+]C(Cl)(Cl)C(Cl)(Cl)C#N.[C-]#[O+].[C-]#[O+].[C-]#[O+].[C-]#[O+].[C-]#[O+].[Cr]. The molecule has 0 rings (SSSR count). The molecule has 0 aromatic carbocycles. The molecule has 0 aliphatic rings. The zero-order chi connectivity index (χ0) is 18.4. The Morgan fingerprint density at radius 2 is 0.952 bits per heavy atom. The van der Waals surface area contributed by atoms with Gasteiger partial charge in [0.15, 0.2) is 0 Å². The van der Waals surface area contributed by atoms with Crippen molar-refractivity contribution in [3.63, 3.8) is 0 Å². The third kappa shape index (κ3) is 28.3. The first-order chi connectivity index (χ1) is 9.37. The minimum Gasteiger partial charge on any atom is 0 e. The number of alkyl halides is 4. The molecule has 0 unspecified atom stereocenters. The van der Waals surface area contributed by atoms with Crippen molar-refractivity contribution in [1.29, 1.82) is 5.26 Å². The fourth-order valence-corrected chi connectivity index (χ4v) is 0.306. The van der Waals surface area contributed by atoms with E-state index in [4.69, 9.17) is 81.5 Å². The first-order valence-electron chi connectivity index (χ1n) is 2.95. The molecule has 0 heterocycles. The quantitative estimate of drug-likeness (QED) is 0.280. The van der Waals surface area contributed by atoms with E-state index in [1.165, 1.54) is 6.07 Å². The summed E-state index contributed by atoms with van der Waals surface area (Å²) >= 11 is 21.0. The summed E-state index contributed by atoms with van der Waals surface area (Å²) in [4.78, 5) is 2.66. The fourth-order valence-electron chi connectivity index (χ4n) is 0.137. The van der Waals surface area contributed by atoms with Gasteiger partial charge >= 0.3 is 65.3 Å². The molecule has 12 heteroatoms. The van der Waals surface area contributed by atoms with Gasteiger partial charge in [-0.1, -0.05) is 23.2 Å². The molecular formula is C9Cl4CrN2O5. The summed E-state index contributed by atoms with van der Waals surface area (Å²) in [6.45, 7) is 28.9. The van der Waals surface area contributed by atoms with Crippen molar-refractivity contribution in [2.75, 3.05) is 0 Å². The maximum absolute atomic E-state index is 8.23. The maximum atomic E-state index is 8.23. The van der Waals surface area contributed by atoms with Gasteiger partial charge in [-0.25, -0.2) is 6.57 Å². The molecule has 0 saturated heterocycles. The monoisotopic (exact) mass is 408 g/mol. The number of hydrogen-bond donors (Lipinski definition) is 0. The van der Waals surface area contributed by atoms with E-state index in [1.807, 2.05) is 0 Å². The zero-order valence-electron chi connectivity index (χ0n) is 9.36. The molecule has 0 aromatic heterocycles. The van der Waals surface area contributed by atoms with Crippen LogP contribution in [0.2, 0.25) is 0 Å². The first-order valence-corrected chi connectivity index (χ1v) is 4.46. The van der Waals surface area contributed by atoms with Crippen LogP contribution in [0.5, 0.6) is 0 Å². The zero-order valence-corrected chi connectivity index (χ0v) is 13.7. The summed E-state index contributed by atoms with van der Waals surface area (Å²) in [5, 5.41) is 8.23. The van der Waals surface area contributed by atoms with E-state index >= 15 is 0 Å². The molecule has 0 fully saturated rings. The molecule has 0 radical (unpaired) electrons. The maximum Gasteiger partial charge on any atom is 0 e. The van der Waals surface area contributed by atoms with Crippen LogP contribution in [0.4, 0.5) is 0 Å². The third-order valence-electron chi connectivity index (χ3n) is 0.659. The number of halogens is 4. The van der Waals surface area contributed by atoms with Crippen LogP contribution in [-0.2, 0) is 40.6 Å². The molecule has 0 aliphatic carbocycles. The van der Waals surface area contributed by atoms with Crippen LogP contribution in [0.15, 0.2) is 0 Å². The summed E-state index contributed by atoms with van der Waals surface area (Å²) in [5.74, 6) is 0. The number of nitrogens with zero attached hydrogens (tertiary/aromatic N) is 2. The molecule has 7 nitrogen and oxygen atoms in total. The Kier molecular flexibility index (Phi) is 74.5. The van der Waals surface area contributed by atoms with E-state index in [0.29, 0.717) is 0 Å². The van der Waals surface area contributed by atoms with Crippen molar-refractivity contribution in [2.45, 2.75) is 8.79 Å². The number of nitriles is 1. The van der Waals surface area contributed by atoms with Crippen molar-refractivity contribution in [1.82, 2.24) is 0 Å². The molecule has 0 bridgehead atoms. The standard InChI is InChI=1S/C4Cl4N2.5CO.Cr/c1-10-4(7,8)3(5,6)2-9;5*1-2;. The van der Waals surface area contributed by atoms with Crippen LogP contribution < -0.4 is 0 Å². The first kappa shape index (κ1) is 42.8. The average Bonchev–Trinajstić information content (AvgIpc) is 2.56. The van der Waals surface area contributed by atoms with Gasteiger partial charge < -0.3 is 0 Å². The Balaban J connectivity index is -0.0000000303. The Hall–Kier alpha value is -0.628. The Morgan fingerprint density at radius 1 is 0.762 bits per heavy atom. The van der Waals surface area contributed by atoms with Crippen molar-refractivity contribution in [3.05, 3.63) is 44.7 Å². The van der Waals surface area contributed by atoms with Gasteiger partial charge in [0.25, 0.3) is 0 Å². The number of hydrogen-bond acceptors (Lipinski definition) is 1. The van der Waals surface area contributed by atoms with Gasteiger partial charge in [0.2, 0.25) is 0 Å². The van der Waals surface area contributed by atoms with Crippen molar-refractivity contribution in [2.24, 2.45) is 0 Å². The Morgan fingerprint density at radius 3 is 1.00 bits per heavy atom. The van der Waals surface area contributed by atoms with Gasteiger partial charge in [0.1, 0.15) is 6.07 Å². The second-order valence-corrected chi connectivity index (χ2v) is 3.95. The predicted octanol–water partition coefficient (Wildman–Crippen LogP) is 2.54. The Bertz CT molecular complexity index is 345. The van der Waals surface area contributed by atoms with Gasteiger partial charge in [0.05, 0.1) is 0 Å². The minimum atomic E-state index is -2.11. The molecule has 0 atom stereocenters. The van der Waals surface area contributed by atoms with Crippen LogP contribution in [0.25, 0.3) is 4.85 Å². The van der Waals surface area contributed by atoms with Crippen molar-refractivity contribution >= 4 is 46.4 Å². The number of rotatable bonds is 1. The van der Waals surface area contributed by atoms with Crippen LogP contribution in [0.3, 0.4) is 0 Å².